The van der Waals surface area contributed by atoms with Crippen LogP contribution in [-0.2, 0) is 5.41 Å². The van der Waals surface area contributed by atoms with Crippen LogP contribution >= 0.6 is 22.7 Å². The first-order valence-electron chi connectivity index (χ1n) is 9.25. The van der Waals surface area contributed by atoms with Gasteiger partial charge in [0, 0.05) is 36.8 Å². The summed E-state index contributed by atoms with van der Waals surface area (Å²) in [7, 11) is 0. The van der Waals surface area contributed by atoms with Gasteiger partial charge in [0.2, 0.25) is 0 Å². The second-order valence-electron chi connectivity index (χ2n) is 7.16. The molecule has 126 valence electrons. The lowest BCUT2D eigenvalue weighted by molar-refractivity contribution is 0.491. The lowest BCUT2D eigenvalue weighted by Gasteiger charge is -2.28. The van der Waals surface area contributed by atoms with Crippen molar-refractivity contribution in [2.24, 2.45) is 0 Å². The Hall–Kier alpha value is -1.64. The third-order valence-electron chi connectivity index (χ3n) is 6.10. The third kappa shape index (κ3) is 2.10. The van der Waals surface area contributed by atoms with Crippen LogP contribution in [-0.4, -0.2) is 0 Å². The minimum absolute atomic E-state index is 0.215. The molecule has 0 unspecified atom stereocenters. The van der Waals surface area contributed by atoms with Gasteiger partial charge >= 0.3 is 0 Å². The van der Waals surface area contributed by atoms with Crippen LogP contribution in [0.4, 0.5) is 0 Å². The molecule has 0 fully saturated rings. The van der Waals surface area contributed by atoms with Crippen LogP contribution in [0.2, 0.25) is 0 Å². The Morgan fingerprint density at radius 3 is 1.48 bits per heavy atom. The summed E-state index contributed by atoms with van der Waals surface area (Å²) in [6.07, 6.45) is 20.3. The number of fused-ring (bicyclic) bond motifs is 3. The van der Waals surface area contributed by atoms with E-state index in [1.165, 1.54) is 22.6 Å². The lowest BCUT2D eigenvalue weighted by Crippen LogP contribution is -2.22. The average molecular weight is 363 g/mol. The van der Waals surface area contributed by atoms with E-state index in [0.717, 1.165) is 0 Å². The van der Waals surface area contributed by atoms with Crippen LogP contribution < -0.4 is 0 Å². The van der Waals surface area contributed by atoms with Gasteiger partial charge in [-0.05, 0) is 36.1 Å². The van der Waals surface area contributed by atoms with Crippen LogP contribution in [0.3, 0.4) is 0 Å². The molecule has 2 heterocycles. The molecule has 25 heavy (non-hydrogen) atoms. The first-order chi connectivity index (χ1) is 12.3. The highest BCUT2D eigenvalue weighted by molar-refractivity contribution is 7.22. The zero-order chi connectivity index (χ0) is 17.0. The molecule has 5 rings (SSSR count). The van der Waals surface area contributed by atoms with Gasteiger partial charge in [-0.3, -0.25) is 0 Å². The topological polar surface area (TPSA) is 0 Å². The lowest BCUT2D eigenvalue weighted by atomic mass is 9.74. The molecule has 0 radical (unpaired) electrons. The quantitative estimate of drug-likeness (QED) is 0.534. The molecule has 0 amide bonds. The number of rotatable bonds is 4. The normalized spacial score (nSPS) is 20.1. The van der Waals surface area contributed by atoms with Crippen LogP contribution in [0, 0.1) is 0 Å². The molecule has 0 bridgehead atoms. The van der Waals surface area contributed by atoms with E-state index in [0.29, 0.717) is 11.8 Å². The minimum Gasteiger partial charge on any atom is -0.138 e. The maximum atomic E-state index is 2.51. The Labute approximate surface area is 157 Å². The van der Waals surface area contributed by atoms with Crippen molar-refractivity contribution in [1.29, 1.82) is 0 Å². The SMILES string of the molecule is CCC1(CC)c2cc(C3C=CC=C3)sc2-c2sc(C3C=CC=C3)cc21. The Morgan fingerprint density at radius 2 is 1.12 bits per heavy atom. The standard InChI is InChI=1S/C23H22S2/c1-3-23(4-2)17-13-19(15-9-5-6-10-15)24-21(17)22-18(23)14-20(25-22)16-11-7-8-12-16/h5-16H,3-4H2,1-2H3. The van der Waals surface area contributed by atoms with Crippen molar-refractivity contribution in [2.75, 3.05) is 0 Å². The summed E-state index contributed by atoms with van der Waals surface area (Å²) < 4.78 is 0. The molecule has 0 saturated carbocycles. The first-order valence-corrected chi connectivity index (χ1v) is 10.9. The van der Waals surface area contributed by atoms with Crippen molar-refractivity contribution in [3.05, 3.63) is 81.6 Å². The smallest absolute Gasteiger partial charge is 0.0490 e. The molecule has 0 aliphatic heterocycles. The van der Waals surface area contributed by atoms with E-state index in [1.807, 2.05) is 22.7 Å². The van der Waals surface area contributed by atoms with Gasteiger partial charge in [-0.15, -0.1) is 22.7 Å². The van der Waals surface area contributed by atoms with Crippen LogP contribution in [0.25, 0.3) is 9.75 Å². The number of hydrogen-bond acceptors (Lipinski definition) is 2. The molecular formula is C23H22S2. The Bertz CT molecular complexity index is 843. The van der Waals surface area contributed by atoms with E-state index in [9.17, 15) is 0 Å². The number of thiophene rings is 2. The summed E-state index contributed by atoms with van der Waals surface area (Å²) in [6.45, 7) is 4.73. The van der Waals surface area contributed by atoms with Crippen molar-refractivity contribution >= 4 is 22.7 Å². The highest BCUT2D eigenvalue weighted by Crippen LogP contribution is 2.60. The van der Waals surface area contributed by atoms with E-state index >= 15 is 0 Å². The fourth-order valence-electron chi connectivity index (χ4n) is 4.60. The van der Waals surface area contributed by atoms with Crippen LogP contribution in [0.1, 0.15) is 59.4 Å². The number of hydrogen-bond donors (Lipinski definition) is 0. The summed E-state index contributed by atoms with van der Waals surface area (Å²) in [4.78, 5) is 6.10. The second kappa shape index (κ2) is 5.69. The Balaban J connectivity index is 1.68. The van der Waals surface area contributed by atoms with Crippen molar-refractivity contribution < 1.29 is 0 Å². The van der Waals surface area contributed by atoms with Crippen molar-refractivity contribution in [1.82, 2.24) is 0 Å². The van der Waals surface area contributed by atoms with E-state index in [4.69, 9.17) is 0 Å². The first kappa shape index (κ1) is 15.6. The molecule has 3 aliphatic carbocycles. The second-order valence-corrected chi connectivity index (χ2v) is 9.33. The van der Waals surface area contributed by atoms with Gasteiger partial charge < -0.3 is 0 Å². The maximum Gasteiger partial charge on any atom is 0.0490 e. The fraction of sp³-hybridized carbons (Fsp3) is 0.304. The predicted octanol–water partition coefficient (Wildman–Crippen LogP) is 7.32. The molecular weight excluding hydrogens is 340 g/mol. The van der Waals surface area contributed by atoms with Gasteiger partial charge in [-0.25, -0.2) is 0 Å². The maximum absolute atomic E-state index is 2.51. The Kier molecular flexibility index (Phi) is 3.55. The third-order valence-corrected chi connectivity index (χ3v) is 8.74. The van der Waals surface area contributed by atoms with Gasteiger partial charge in [0.05, 0.1) is 0 Å². The summed E-state index contributed by atoms with van der Waals surface area (Å²) >= 11 is 4.05. The van der Waals surface area contributed by atoms with Gasteiger partial charge in [-0.2, -0.15) is 0 Å². The Morgan fingerprint density at radius 1 is 0.720 bits per heavy atom. The molecule has 0 saturated heterocycles. The molecule has 0 atom stereocenters. The summed E-state index contributed by atoms with van der Waals surface area (Å²) in [5, 5.41) is 0. The molecule has 0 aromatic carbocycles. The van der Waals surface area contributed by atoms with E-state index in [1.54, 1.807) is 20.9 Å². The minimum atomic E-state index is 0.215. The zero-order valence-electron chi connectivity index (χ0n) is 14.7. The van der Waals surface area contributed by atoms with Gasteiger partial charge in [-0.1, -0.05) is 62.5 Å². The monoisotopic (exact) mass is 362 g/mol. The number of allylic oxidation sites excluding steroid dienone is 8. The van der Waals surface area contributed by atoms with Crippen molar-refractivity contribution in [3.8, 4) is 9.75 Å². The highest BCUT2D eigenvalue weighted by atomic mass is 32.1. The average Bonchev–Trinajstić information content (AvgIpc) is 3.41. The van der Waals surface area contributed by atoms with Crippen molar-refractivity contribution in [3.63, 3.8) is 0 Å². The molecule has 2 aromatic rings. The summed E-state index contributed by atoms with van der Waals surface area (Å²) in [5.74, 6) is 0.955. The summed E-state index contributed by atoms with van der Waals surface area (Å²) in [6, 6.07) is 5.03. The predicted molar refractivity (Wildman–Crippen MR) is 111 cm³/mol. The zero-order valence-corrected chi connectivity index (χ0v) is 16.3. The van der Waals surface area contributed by atoms with Gasteiger partial charge in [0.1, 0.15) is 0 Å². The molecule has 0 spiro atoms. The largest absolute Gasteiger partial charge is 0.138 e. The van der Waals surface area contributed by atoms with E-state index < -0.39 is 0 Å². The van der Waals surface area contributed by atoms with Gasteiger partial charge in [0.15, 0.2) is 0 Å². The summed E-state index contributed by atoms with van der Waals surface area (Å²) in [5.41, 5.74) is 3.40. The van der Waals surface area contributed by atoms with E-state index in [-0.39, 0.29) is 5.41 Å². The van der Waals surface area contributed by atoms with Crippen molar-refractivity contribution in [2.45, 2.75) is 43.9 Å². The van der Waals surface area contributed by atoms with Crippen LogP contribution in [0.5, 0.6) is 0 Å². The van der Waals surface area contributed by atoms with Crippen LogP contribution in [0.15, 0.2) is 60.7 Å². The van der Waals surface area contributed by atoms with Gasteiger partial charge in [0.25, 0.3) is 0 Å². The molecule has 0 nitrogen and oxygen atoms in total. The fourth-order valence-corrected chi connectivity index (χ4v) is 7.39. The highest BCUT2D eigenvalue weighted by Gasteiger charge is 2.44. The van der Waals surface area contributed by atoms with E-state index in [2.05, 4.69) is 74.6 Å². The molecule has 3 aliphatic rings. The molecule has 2 aromatic heterocycles. The molecule has 0 N–H and O–H groups in total. The molecule has 2 heteroatoms.